The molecule has 0 aromatic rings. The number of hydrogen-bond acceptors (Lipinski definition) is 4. The second-order valence-corrected chi connectivity index (χ2v) is 5.09. The molecule has 3 N–H and O–H groups in total. The molecular weight excluding hydrogens is 206 g/mol. The zero-order valence-corrected chi connectivity index (χ0v) is 9.91. The van der Waals surface area contributed by atoms with Crippen LogP contribution in [0.5, 0.6) is 0 Å². The standard InChI is InChI=1S/C12H23NO3/c13-10-11(3-7-16-8-4-11)12(14)2-1-6-15-9-5-12/h14H,1-10,13H2. The molecular formula is C12H23NO3. The minimum atomic E-state index is -0.651. The fourth-order valence-corrected chi connectivity index (χ4v) is 3.09. The molecule has 2 fully saturated rings. The van der Waals surface area contributed by atoms with Crippen molar-refractivity contribution in [3.8, 4) is 0 Å². The molecule has 94 valence electrons. The van der Waals surface area contributed by atoms with Crippen LogP contribution in [0.3, 0.4) is 0 Å². The van der Waals surface area contributed by atoms with E-state index in [1.807, 2.05) is 0 Å². The monoisotopic (exact) mass is 229 g/mol. The average Bonchev–Trinajstić information content (AvgIpc) is 2.56. The van der Waals surface area contributed by atoms with E-state index < -0.39 is 5.60 Å². The van der Waals surface area contributed by atoms with Gasteiger partial charge in [0.05, 0.1) is 5.60 Å². The first kappa shape index (κ1) is 12.3. The van der Waals surface area contributed by atoms with Crippen LogP contribution in [0.15, 0.2) is 0 Å². The molecule has 2 heterocycles. The Morgan fingerprint density at radius 3 is 2.25 bits per heavy atom. The SMILES string of the molecule is NCC1(C2(O)CCCOCC2)CCOCC1. The molecule has 2 aliphatic rings. The van der Waals surface area contributed by atoms with E-state index in [0.717, 1.165) is 45.5 Å². The van der Waals surface area contributed by atoms with Gasteiger partial charge < -0.3 is 20.3 Å². The molecule has 1 unspecified atom stereocenters. The number of rotatable bonds is 2. The molecule has 2 rings (SSSR count). The van der Waals surface area contributed by atoms with Crippen molar-refractivity contribution < 1.29 is 14.6 Å². The molecule has 0 amide bonds. The van der Waals surface area contributed by atoms with Crippen LogP contribution < -0.4 is 5.73 Å². The van der Waals surface area contributed by atoms with Crippen LogP contribution in [0.25, 0.3) is 0 Å². The summed E-state index contributed by atoms with van der Waals surface area (Å²) < 4.78 is 10.8. The minimum absolute atomic E-state index is 0.154. The summed E-state index contributed by atoms with van der Waals surface area (Å²) in [5, 5.41) is 10.9. The van der Waals surface area contributed by atoms with E-state index in [9.17, 15) is 5.11 Å². The third-order valence-corrected chi connectivity index (χ3v) is 4.37. The lowest BCUT2D eigenvalue weighted by molar-refractivity contribution is -0.137. The lowest BCUT2D eigenvalue weighted by Crippen LogP contribution is -2.55. The zero-order chi connectivity index (χ0) is 11.5. The molecule has 0 aromatic carbocycles. The van der Waals surface area contributed by atoms with Crippen LogP contribution >= 0.6 is 0 Å². The quantitative estimate of drug-likeness (QED) is 0.730. The van der Waals surface area contributed by atoms with Crippen LogP contribution in [0.1, 0.15) is 32.1 Å². The molecule has 2 aliphatic heterocycles. The van der Waals surface area contributed by atoms with Crippen LogP contribution in [0, 0.1) is 5.41 Å². The van der Waals surface area contributed by atoms with E-state index in [0.29, 0.717) is 19.6 Å². The van der Waals surface area contributed by atoms with Crippen molar-refractivity contribution in [1.29, 1.82) is 0 Å². The first-order valence-corrected chi connectivity index (χ1v) is 6.30. The van der Waals surface area contributed by atoms with Crippen LogP contribution in [0.2, 0.25) is 0 Å². The smallest absolute Gasteiger partial charge is 0.0740 e. The molecule has 2 saturated heterocycles. The van der Waals surface area contributed by atoms with Crippen molar-refractivity contribution in [3.05, 3.63) is 0 Å². The van der Waals surface area contributed by atoms with Crippen molar-refractivity contribution in [2.24, 2.45) is 11.1 Å². The summed E-state index contributed by atoms with van der Waals surface area (Å²) in [6.45, 7) is 3.41. The number of hydrogen-bond donors (Lipinski definition) is 2. The fourth-order valence-electron chi connectivity index (χ4n) is 3.09. The highest BCUT2D eigenvalue weighted by Gasteiger charge is 2.49. The Morgan fingerprint density at radius 2 is 1.56 bits per heavy atom. The lowest BCUT2D eigenvalue weighted by atomic mass is 9.64. The van der Waals surface area contributed by atoms with Gasteiger partial charge in [0, 0.05) is 44.8 Å². The zero-order valence-electron chi connectivity index (χ0n) is 9.91. The van der Waals surface area contributed by atoms with E-state index in [1.54, 1.807) is 0 Å². The van der Waals surface area contributed by atoms with E-state index >= 15 is 0 Å². The van der Waals surface area contributed by atoms with Crippen molar-refractivity contribution in [1.82, 2.24) is 0 Å². The Bertz CT molecular complexity index is 218. The largest absolute Gasteiger partial charge is 0.389 e. The van der Waals surface area contributed by atoms with Gasteiger partial charge >= 0.3 is 0 Å². The minimum Gasteiger partial charge on any atom is -0.389 e. The first-order chi connectivity index (χ1) is 7.72. The normalized spacial score (nSPS) is 35.6. The Hall–Kier alpha value is -0.160. The molecule has 4 nitrogen and oxygen atoms in total. The van der Waals surface area contributed by atoms with Gasteiger partial charge in [-0.3, -0.25) is 0 Å². The van der Waals surface area contributed by atoms with Gasteiger partial charge in [-0.05, 0) is 25.7 Å². The van der Waals surface area contributed by atoms with Crippen molar-refractivity contribution in [2.45, 2.75) is 37.7 Å². The summed E-state index contributed by atoms with van der Waals surface area (Å²) in [6.07, 6.45) is 4.20. The van der Waals surface area contributed by atoms with E-state index in [2.05, 4.69) is 0 Å². The second kappa shape index (κ2) is 5.00. The van der Waals surface area contributed by atoms with E-state index in [1.165, 1.54) is 0 Å². The molecule has 0 radical (unpaired) electrons. The molecule has 0 aromatic heterocycles. The summed E-state index contributed by atoms with van der Waals surface area (Å²) in [6, 6.07) is 0. The van der Waals surface area contributed by atoms with Crippen LogP contribution in [0.4, 0.5) is 0 Å². The number of nitrogens with two attached hydrogens (primary N) is 1. The summed E-state index contributed by atoms with van der Waals surface area (Å²) in [7, 11) is 0. The Morgan fingerprint density at radius 1 is 0.938 bits per heavy atom. The van der Waals surface area contributed by atoms with Crippen molar-refractivity contribution in [3.63, 3.8) is 0 Å². The molecule has 0 aliphatic carbocycles. The van der Waals surface area contributed by atoms with Gasteiger partial charge in [-0.2, -0.15) is 0 Å². The predicted molar refractivity (Wildman–Crippen MR) is 61.2 cm³/mol. The fraction of sp³-hybridized carbons (Fsp3) is 1.00. The number of aliphatic hydroxyl groups is 1. The van der Waals surface area contributed by atoms with E-state index in [-0.39, 0.29) is 5.41 Å². The lowest BCUT2D eigenvalue weighted by Gasteiger charge is -2.48. The Kier molecular flexibility index (Phi) is 3.85. The molecule has 1 atom stereocenters. The maximum atomic E-state index is 10.9. The van der Waals surface area contributed by atoms with Crippen LogP contribution in [-0.4, -0.2) is 43.7 Å². The summed E-state index contributed by atoms with van der Waals surface area (Å²) in [4.78, 5) is 0. The highest BCUT2D eigenvalue weighted by atomic mass is 16.5. The molecule has 0 spiro atoms. The Labute approximate surface area is 97.1 Å². The summed E-state index contributed by atoms with van der Waals surface area (Å²) >= 11 is 0. The molecule has 0 bridgehead atoms. The molecule has 4 heteroatoms. The van der Waals surface area contributed by atoms with Gasteiger partial charge in [-0.25, -0.2) is 0 Å². The first-order valence-electron chi connectivity index (χ1n) is 6.30. The average molecular weight is 229 g/mol. The van der Waals surface area contributed by atoms with Gasteiger partial charge in [0.2, 0.25) is 0 Å². The third-order valence-electron chi connectivity index (χ3n) is 4.37. The maximum absolute atomic E-state index is 10.9. The third kappa shape index (κ3) is 2.12. The number of ether oxygens (including phenoxy) is 2. The van der Waals surface area contributed by atoms with Crippen molar-refractivity contribution >= 4 is 0 Å². The van der Waals surface area contributed by atoms with Crippen LogP contribution in [-0.2, 0) is 9.47 Å². The Balaban J connectivity index is 2.16. The van der Waals surface area contributed by atoms with Crippen molar-refractivity contribution in [2.75, 3.05) is 33.0 Å². The van der Waals surface area contributed by atoms with Gasteiger partial charge in [0.1, 0.15) is 0 Å². The van der Waals surface area contributed by atoms with Gasteiger partial charge in [-0.15, -0.1) is 0 Å². The summed E-state index contributed by atoms with van der Waals surface area (Å²) in [5.41, 5.74) is 5.14. The maximum Gasteiger partial charge on any atom is 0.0740 e. The van der Waals surface area contributed by atoms with Gasteiger partial charge in [-0.1, -0.05) is 0 Å². The second-order valence-electron chi connectivity index (χ2n) is 5.09. The summed E-state index contributed by atoms with van der Waals surface area (Å²) in [5.74, 6) is 0. The van der Waals surface area contributed by atoms with Gasteiger partial charge in [0.25, 0.3) is 0 Å². The topological polar surface area (TPSA) is 64.7 Å². The van der Waals surface area contributed by atoms with Gasteiger partial charge in [0.15, 0.2) is 0 Å². The molecule has 16 heavy (non-hydrogen) atoms. The predicted octanol–water partition coefficient (Wildman–Crippen LogP) is 0.673. The highest BCUT2D eigenvalue weighted by Crippen LogP contribution is 2.45. The molecule has 0 saturated carbocycles. The van der Waals surface area contributed by atoms with E-state index in [4.69, 9.17) is 15.2 Å². The highest BCUT2D eigenvalue weighted by molar-refractivity contribution is 5.01.